The normalized spacial score (nSPS) is 19.5. The Morgan fingerprint density at radius 2 is 1.98 bits per heavy atom. The van der Waals surface area contributed by atoms with E-state index in [1.54, 1.807) is 18.5 Å². The van der Waals surface area contributed by atoms with Gasteiger partial charge in [-0.05, 0) is 41.5 Å². The predicted molar refractivity (Wildman–Crippen MR) is 155 cm³/mol. The molecule has 40 heavy (non-hydrogen) atoms. The molecule has 0 radical (unpaired) electrons. The maximum absolute atomic E-state index is 13.9. The van der Waals surface area contributed by atoms with E-state index in [0.717, 1.165) is 35.3 Å². The highest BCUT2D eigenvalue weighted by atomic mass is 35.5. The van der Waals surface area contributed by atoms with Gasteiger partial charge in [0, 0.05) is 55.1 Å². The Kier molecular flexibility index (Phi) is 7.08. The Balaban J connectivity index is 1.27. The first-order chi connectivity index (χ1) is 19.1. The average molecular weight is 586 g/mol. The first kappa shape index (κ1) is 27.2. The third-order valence-corrected chi connectivity index (χ3v) is 8.92. The lowest BCUT2D eigenvalue weighted by molar-refractivity contribution is -0.126. The van der Waals surface area contributed by atoms with E-state index in [1.165, 1.54) is 16.4 Å². The van der Waals surface area contributed by atoms with Crippen LogP contribution < -0.4 is 10.2 Å². The van der Waals surface area contributed by atoms with Crippen molar-refractivity contribution in [1.82, 2.24) is 24.7 Å². The topological polar surface area (TPSA) is 94.8 Å². The minimum atomic E-state index is -2.79. The second-order valence-corrected chi connectivity index (χ2v) is 12.8. The molecule has 3 aromatic heterocycles. The number of hydrogen-bond donors (Lipinski definition) is 1. The number of halogens is 3. The van der Waals surface area contributed by atoms with Crippen LogP contribution in [-0.4, -0.2) is 60.3 Å². The van der Waals surface area contributed by atoms with Crippen molar-refractivity contribution in [1.29, 1.82) is 0 Å². The van der Waals surface area contributed by atoms with E-state index in [9.17, 15) is 13.3 Å². The van der Waals surface area contributed by atoms with Gasteiger partial charge in [0.2, 0.25) is 0 Å². The van der Waals surface area contributed by atoms with Crippen LogP contribution in [0.15, 0.2) is 42.9 Å². The number of pyridine rings is 1. The van der Waals surface area contributed by atoms with Crippen LogP contribution in [0.5, 0.6) is 0 Å². The molecule has 2 aliphatic rings. The molecule has 4 aromatic rings. The van der Waals surface area contributed by atoms with Crippen molar-refractivity contribution in [3.05, 3.63) is 53.6 Å². The maximum atomic E-state index is 13.9. The van der Waals surface area contributed by atoms with Gasteiger partial charge in [0.15, 0.2) is 11.0 Å². The van der Waals surface area contributed by atoms with Gasteiger partial charge in [0.1, 0.15) is 23.4 Å². The highest BCUT2D eigenvalue weighted by Gasteiger charge is 2.50. The summed E-state index contributed by atoms with van der Waals surface area (Å²) in [4.78, 5) is 15.9. The zero-order chi connectivity index (χ0) is 28.2. The molecule has 2 unspecified atom stereocenters. The molecule has 1 aliphatic carbocycles. The number of aromatic nitrogens is 5. The zero-order valence-electron chi connectivity index (χ0n) is 22.4. The highest BCUT2D eigenvalue weighted by Crippen LogP contribution is 2.47. The molecular formula is C28H30ClF2N7OS. The van der Waals surface area contributed by atoms with Crippen molar-refractivity contribution in [3.8, 4) is 11.4 Å². The van der Waals surface area contributed by atoms with Crippen LogP contribution in [-0.2, 0) is 11.2 Å². The van der Waals surface area contributed by atoms with Gasteiger partial charge in [-0.25, -0.2) is 23.7 Å². The first-order valence-corrected chi connectivity index (χ1v) is 15.4. The van der Waals surface area contributed by atoms with E-state index >= 15 is 0 Å². The summed E-state index contributed by atoms with van der Waals surface area (Å²) in [5.41, 5.74) is 2.74. The largest absolute Gasteiger partial charge is 0.617 e. The third kappa shape index (κ3) is 5.10. The monoisotopic (exact) mass is 585 g/mol. The van der Waals surface area contributed by atoms with Gasteiger partial charge in [-0.1, -0.05) is 42.7 Å². The van der Waals surface area contributed by atoms with E-state index < -0.39 is 23.1 Å². The zero-order valence-corrected chi connectivity index (χ0v) is 24.0. The lowest BCUT2D eigenvalue weighted by Crippen LogP contribution is -2.49. The Bertz CT molecular complexity index is 1560. The lowest BCUT2D eigenvalue weighted by atomic mass is 9.88. The van der Waals surface area contributed by atoms with Crippen LogP contribution in [0.3, 0.4) is 0 Å². The van der Waals surface area contributed by atoms with Crippen LogP contribution >= 0.6 is 11.6 Å². The molecule has 1 N–H and O–H groups in total. The van der Waals surface area contributed by atoms with Gasteiger partial charge in [0.25, 0.3) is 5.92 Å². The number of nitrogens with zero attached hydrogens (tertiary/aromatic N) is 6. The molecule has 2 atom stereocenters. The van der Waals surface area contributed by atoms with Gasteiger partial charge >= 0.3 is 0 Å². The smallest absolute Gasteiger partial charge is 0.270 e. The molecule has 2 fully saturated rings. The van der Waals surface area contributed by atoms with E-state index in [2.05, 4.69) is 56.2 Å². The Labute approximate surface area is 239 Å². The van der Waals surface area contributed by atoms with Gasteiger partial charge in [-0.3, -0.25) is 4.68 Å². The van der Waals surface area contributed by atoms with Gasteiger partial charge < -0.3 is 14.8 Å². The quantitative estimate of drug-likeness (QED) is 0.246. The number of hydrogen-bond acceptors (Lipinski definition) is 7. The Morgan fingerprint density at radius 3 is 2.65 bits per heavy atom. The summed E-state index contributed by atoms with van der Waals surface area (Å²) < 4.78 is 40.7. The van der Waals surface area contributed by atoms with Crippen molar-refractivity contribution >= 4 is 50.9 Å². The van der Waals surface area contributed by atoms with Gasteiger partial charge in [-0.15, -0.1) is 0 Å². The van der Waals surface area contributed by atoms with E-state index in [0.29, 0.717) is 35.5 Å². The molecule has 12 heteroatoms. The summed E-state index contributed by atoms with van der Waals surface area (Å²) in [7, 11) is 0. The van der Waals surface area contributed by atoms with E-state index in [1.807, 2.05) is 12.3 Å². The summed E-state index contributed by atoms with van der Waals surface area (Å²) in [6, 6.07) is 7.07. The second kappa shape index (κ2) is 10.4. The van der Waals surface area contributed by atoms with Crippen molar-refractivity contribution in [3.63, 3.8) is 0 Å². The van der Waals surface area contributed by atoms with Gasteiger partial charge in [-0.2, -0.15) is 5.10 Å². The molecule has 0 bridgehead atoms. The predicted octanol–water partition coefficient (Wildman–Crippen LogP) is 6.19. The molecule has 0 amide bonds. The Morgan fingerprint density at radius 1 is 1.18 bits per heavy atom. The van der Waals surface area contributed by atoms with Crippen molar-refractivity contribution in [2.75, 3.05) is 35.3 Å². The summed E-state index contributed by atoms with van der Waals surface area (Å²) in [6.45, 7) is 6.10. The van der Waals surface area contributed by atoms with Crippen molar-refractivity contribution in [2.24, 2.45) is 5.92 Å². The number of nitrogens with one attached hydrogen (secondary N) is 1. The molecule has 1 aliphatic heterocycles. The molecule has 1 saturated heterocycles. The fourth-order valence-corrected chi connectivity index (χ4v) is 6.58. The number of alkyl halides is 2. The highest BCUT2D eigenvalue weighted by molar-refractivity contribution is 7.90. The fraction of sp³-hybridized carbons (Fsp3) is 0.429. The number of fused-ring (bicyclic) bond motifs is 1. The molecule has 0 spiro atoms. The van der Waals surface area contributed by atoms with Crippen LogP contribution in [0.2, 0.25) is 5.15 Å². The van der Waals surface area contributed by atoms with Gasteiger partial charge in [0.05, 0.1) is 11.8 Å². The van der Waals surface area contributed by atoms with Crippen molar-refractivity contribution < 1.29 is 13.3 Å². The first-order valence-electron chi connectivity index (χ1n) is 13.3. The molecule has 1 aromatic carbocycles. The van der Waals surface area contributed by atoms with Crippen LogP contribution in [0.25, 0.3) is 22.2 Å². The third-order valence-electron chi connectivity index (χ3n) is 7.70. The summed E-state index contributed by atoms with van der Waals surface area (Å²) >= 11 is 5.51. The Hall–Kier alpha value is -3.02. The number of anilines is 3. The summed E-state index contributed by atoms with van der Waals surface area (Å²) in [5.74, 6) is 0.0917. The molecule has 1 saturated carbocycles. The average Bonchev–Trinajstić information content (AvgIpc) is 3.25. The van der Waals surface area contributed by atoms with Crippen LogP contribution in [0, 0.1) is 5.92 Å². The molecule has 6 rings (SSSR count). The van der Waals surface area contributed by atoms with Crippen LogP contribution in [0.1, 0.15) is 44.2 Å². The standard InChI is InChI=1S/C28H30ClF2N7OS/c1-16(2)18-4-5-22(37-12-17(13-37)15-40(3)39)20-11-33-25(10-19(18)20)34-24-7-9-32-27(35-24)21-14-38(36-26(21)29)23-6-8-28(23,30)31/h4-5,7,9-11,14,16-17,23H,6,8,12-13,15H2,1-3H3,(H,32,33,34,35). The lowest BCUT2D eigenvalue weighted by Gasteiger charge is -2.41. The minimum Gasteiger partial charge on any atom is -0.617 e. The maximum Gasteiger partial charge on any atom is 0.270 e. The molecule has 210 valence electrons. The van der Waals surface area contributed by atoms with E-state index in [4.69, 9.17) is 11.6 Å². The summed E-state index contributed by atoms with van der Waals surface area (Å²) in [5, 5.41) is 9.62. The number of benzene rings is 1. The minimum absolute atomic E-state index is 0.0798. The SMILES string of the molecule is CC(C)c1ccc(N2CC(C[S+](C)[O-])C2)c2cnc(Nc3ccnc(-c4cn(C5CCC5(F)F)nc4Cl)n3)cc12. The molecule has 4 heterocycles. The molecular weight excluding hydrogens is 556 g/mol. The van der Waals surface area contributed by atoms with Crippen molar-refractivity contribution in [2.45, 2.75) is 44.6 Å². The summed E-state index contributed by atoms with van der Waals surface area (Å²) in [6.07, 6.45) is 6.90. The second-order valence-electron chi connectivity index (χ2n) is 11.0. The molecule has 8 nitrogen and oxygen atoms in total. The fourth-order valence-electron chi connectivity index (χ4n) is 5.48. The van der Waals surface area contributed by atoms with Crippen LogP contribution in [0.4, 0.5) is 26.1 Å². The van der Waals surface area contributed by atoms with E-state index in [-0.39, 0.29) is 17.4 Å². The number of rotatable bonds is 8.